The lowest BCUT2D eigenvalue weighted by atomic mass is 9.98. The Balaban J connectivity index is 2.26. The van der Waals surface area contributed by atoms with Gasteiger partial charge in [-0.2, -0.15) is 0 Å². The Labute approximate surface area is 137 Å². The number of hydrogen-bond acceptors (Lipinski definition) is 3. The largest absolute Gasteiger partial charge is 0.480 e. The van der Waals surface area contributed by atoms with Gasteiger partial charge in [-0.3, -0.25) is 9.78 Å². The maximum Gasteiger partial charge on any atom is 0.205 e. The van der Waals surface area contributed by atoms with Gasteiger partial charge in [-0.05, 0) is 36.2 Å². The van der Waals surface area contributed by atoms with Crippen LogP contribution in [0.5, 0.6) is 5.75 Å². The third-order valence-electron chi connectivity index (χ3n) is 2.96. The van der Waals surface area contributed by atoms with Crippen LogP contribution in [0.3, 0.4) is 0 Å². The van der Waals surface area contributed by atoms with E-state index in [0.717, 1.165) is 4.47 Å². The van der Waals surface area contributed by atoms with E-state index in [1.807, 2.05) is 19.9 Å². The molecule has 0 spiro atoms. The highest BCUT2D eigenvalue weighted by Gasteiger charge is 2.26. The molecule has 1 aromatic carbocycles. The highest BCUT2D eigenvalue weighted by atomic mass is 79.9. The fraction of sp³-hybridized carbons (Fsp3) is 0.250. The van der Waals surface area contributed by atoms with Crippen molar-refractivity contribution in [2.75, 3.05) is 0 Å². The van der Waals surface area contributed by atoms with E-state index in [1.165, 1.54) is 0 Å². The molecule has 0 amide bonds. The van der Waals surface area contributed by atoms with Crippen LogP contribution >= 0.6 is 27.5 Å². The molecule has 0 aliphatic carbocycles. The maximum atomic E-state index is 12.6. The molecule has 21 heavy (non-hydrogen) atoms. The van der Waals surface area contributed by atoms with Crippen molar-refractivity contribution in [3.8, 4) is 5.75 Å². The van der Waals surface area contributed by atoms with Gasteiger partial charge >= 0.3 is 0 Å². The molecule has 0 aliphatic heterocycles. The number of carbonyl (C=O) groups excluding carboxylic acids is 1. The van der Waals surface area contributed by atoms with Crippen LogP contribution in [0.4, 0.5) is 0 Å². The van der Waals surface area contributed by atoms with Crippen molar-refractivity contribution < 1.29 is 9.53 Å². The second-order valence-electron chi connectivity index (χ2n) is 4.96. The van der Waals surface area contributed by atoms with Crippen molar-refractivity contribution in [2.24, 2.45) is 5.92 Å². The molecule has 0 saturated heterocycles. The van der Waals surface area contributed by atoms with E-state index in [1.54, 1.807) is 36.7 Å². The van der Waals surface area contributed by atoms with Gasteiger partial charge in [0.05, 0.1) is 5.02 Å². The Kier molecular flexibility index (Phi) is 5.37. The maximum absolute atomic E-state index is 12.6. The molecule has 0 radical (unpaired) electrons. The van der Waals surface area contributed by atoms with Crippen LogP contribution in [-0.2, 0) is 0 Å². The monoisotopic (exact) mass is 367 g/mol. The van der Waals surface area contributed by atoms with Gasteiger partial charge in [0.2, 0.25) is 5.78 Å². The lowest BCUT2D eigenvalue weighted by Crippen LogP contribution is -2.32. The zero-order valence-electron chi connectivity index (χ0n) is 11.7. The van der Waals surface area contributed by atoms with E-state index in [4.69, 9.17) is 16.3 Å². The lowest BCUT2D eigenvalue weighted by Gasteiger charge is -2.22. The third kappa shape index (κ3) is 4.05. The minimum absolute atomic E-state index is 0.0115. The highest BCUT2D eigenvalue weighted by Crippen LogP contribution is 2.30. The number of halogens is 2. The predicted octanol–water partition coefficient (Wildman–Crippen LogP) is 4.78. The Morgan fingerprint density at radius 2 is 2.10 bits per heavy atom. The van der Waals surface area contributed by atoms with E-state index >= 15 is 0 Å². The van der Waals surface area contributed by atoms with Crippen molar-refractivity contribution in [1.29, 1.82) is 0 Å². The van der Waals surface area contributed by atoms with E-state index in [9.17, 15) is 4.79 Å². The van der Waals surface area contributed by atoms with E-state index < -0.39 is 6.10 Å². The summed E-state index contributed by atoms with van der Waals surface area (Å²) < 4.78 is 6.71. The SMILES string of the molecule is CC(C)C(Oc1ccc(Br)cc1Cl)C(=O)c1cccnc1. The number of aromatic nitrogens is 1. The first kappa shape index (κ1) is 16.0. The number of hydrogen-bond donors (Lipinski definition) is 0. The zero-order valence-corrected chi connectivity index (χ0v) is 14.1. The quantitative estimate of drug-likeness (QED) is 0.713. The molecule has 1 unspecified atom stereocenters. The second kappa shape index (κ2) is 7.05. The molecule has 0 fully saturated rings. The Bertz CT molecular complexity index is 631. The molecule has 2 rings (SSSR count). The van der Waals surface area contributed by atoms with Crippen molar-refractivity contribution in [3.63, 3.8) is 0 Å². The van der Waals surface area contributed by atoms with Gasteiger partial charge in [0.15, 0.2) is 6.10 Å². The Morgan fingerprint density at radius 1 is 1.33 bits per heavy atom. The number of benzene rings is 1. The van der Waals surface area contributed by atoms with Crippen LogP contribution in [0, 0.1) is 5.92 Å². The van der Waals surface area contributed by atoms with Crippen molar-refractivity contribution in [2.45, 2.75) is 20.0 Å². The van der Waals surface area contributed by atoms with Gasteiger partial charge in [0, 0.05) is 22.4 Å². The fourth-order valence-corrected chi connectivity index (χ4v) is 2.59. The summed E-state index contributed by atoms with van der Waals surface area (Å²) >= 11 is 9.49. The molecule has 1 atom stereocenters. The summed E-state index contributed by atoms with van der Waals surface area (Å²) in [5.74, 6) is 0.408. The summed E-state index contributed by atoms with van der Waals surface area (Å²) in [5.41, 5.74) is 0.532. The summed E-state index contributed by atoms with van der Waals surface area (Å²) in [6, 6.07) is 8.78. The minimum Gasteiger partial charge on any atom is -0.480 e. The fourth-order valence-electron chi connectivity index (χ4n) is 1.87. The topological polar surface area (TPSA) is 39.2 Å². The summed E-state index contributed by atoms with van der Waals surface area (Å²) in [4.78, 5) is 16.5. The van der Waals surface area contributed by atoms with Crippen LogP contribution in [0.15, 0.2) is 47.2 Å². The van der Waals surface area contributed by atoms with Crippen LogP contribution in [-0.4, -0.2) is 16.9 Å². The standard InChI is InChI=1S/C16H15BrClNO2/c1-10(2)16(15(20)11-4-3-7-19-9-11)21-14-6-5-12(17)8-13(14)18/h3-10,16H,1-2H3. The van der Waals surface area contributed by atoms with Crippen molar-refractivity contribution in [1.82, 2.24) is 4.98 Å². The summed E-state index contributed by atoms with van der Waals surface area (Å²) in [6.07, 6.45) is 2.57. The molecule has 0 bridgehead atoms. The Hall–Kier alpha value is -1.39. The molecule has 0 saturated carbocycles. The van der Waals surface area contributed by atoms with Crippen LogP contribution in [0.25, 0.3) is 0 Å². The average Bonchev–Trinajstić information content (AvgIpc) is 2.46. The van der Waals surface area contributed by atoms with Gasteiger partial charge in [0.25, 0.3) is 0 Å². The summed E-state index contributed by atoms with van der Waals surface area (Å²) in [6.45, 7) is 3.87. The first-order chi connectivity index (χ1) is 9.99. The third-order valence-corrected chi connectivity index (χ3v) is 3.75. The average molecular weight is 369 g/mol. The molecule has 0 N–H and O–H groups in total. The van der Waals surface area contributed by atoms with Crippen molar-refractivity contribution in [3.05, 3.63) is 57.8 Å². The van der Waals surface area contributed by atoms with Gasteiger partial charge in [-0.1, -0.05) is 41.4 Å². The number of ether oxygens (including phenoxy) is 1. The van der Waals surface area contributed by atoms with Gasteiger partial charge in [-0.25, -0.2) is 0 Å². The second-order valence-corrected chi connectivity index (χ2v) is 6.29. The normalized spacial score (nSPS) is 12.2. The van der Waals surface area contributed by atoms with E-state index in [2.05, 4.69) is 20.9 Å². The van der Waals surface area contributed by atoms with E-state index in [0.29, 0.717) is 16.3 Å². The first-order valence-corrected chi connectivity index (χ1v) is 7.72. The zero-order chi connectivity index (χ0) is 15.4. The molecule has 0 aliphatic rings. The lowest BCUT2D eigenvalue weighted by molar-refractivity contribution is 0.0711. The summed E-state index contributed by atoms with van der Waals surface area (Å²) in [5, 5.41) is 0.467. The first-order valence-electron chi connectivity index (χ1n) is 6.55. The van der Waals surface area contributed by atoms with Crippen LogP contribution in [0.2, 0.25) is 5.02 Å². The molecule has 5 heteroatoms. The number of ketones is 1. The molecule has 110 valence electrons. The van der Waals surface area contributed by atoms with Gasteiger partial charge in [0.1, 0.15) is 5.75 Å². The number of pyridine rings is 1. The Morgan fingerprint density at radius 3 is 2.67 bits per heavy atom. The molecule has 1 heterocycles. The highest BCUT2D eigenvalue weighted by molar-refractivity contribution is 9.10. The van der Waals surface area contributed by atoms with Crippen LogP contribution in [0.1, 0.15) is 24.2 Å². The van der Waals surface area contributed by atoms with Gasteiger partial charge in [-0.15, -0.1) is 0 Å². The number of nitrogens with zero attached hydrogens (tertiary/aromatic N) is 1. The molecule has 1 aromatic heterocycles. The molecule has 2 aromatic rings. The molecular formula is C16H15BrClNO2. The minimum atomic E-state index is -0.604. The van der Waals surface area contributed by atoms with E-state index in [-0.39, 0.29) is 11.7 Å². The molecule has 3 nitrogen and oxygen atoms in total. The summed E-state index contributed by atoms with van der Waals surface area (Å²) in [7, 11) is 0. The number of rotatable bonds is 5. The molecular weight excluding hydrogens is 354 g/mol. The van der Waals surface area contributed by atoms with Crippen molar-refractivity contribution >= 4 is 33.3 Å². The number of Topliss-reactive ketones (excluding diaryl/α,β-unsaturated/α-hetero) is 1. The van der Waals surface area contributed by atoms with Gasteiger partial charge < -0.3 is 4.74 Å². The number of carbonyl (C=O) groups is 1. The van der Waals surface area contributed by atoms with Crippen LogP contribution < -0.4 is 4.74 Å². The smallest absolute Gasteiger partial charge is 0.205 e. The predicted molar refractivity (Wildman–Crippen MR) is 87.0 cm³/mol.